The molecular weight excluding hydrogens is 348 g/mol. The summed E-state index contributed by atoms with van der Waals surface area (Å²) in [5.41, 5.74) is 1.16. The second-order valence-corrected chi connectivity index (χ2v) is 6.58. The fourth-order valence-electron chi connectivity index (χ4n) is 2.73. The van der Waals surface area contributed by atoms with E-state index >= 15 is 0 Å². The van der Waals surface area contributed by atoms with Gasteiger partial charge in [0.15, 0.2) is 0 Å². The van der Waals surface area contributed by atoms with E-state index in [4.69, 9.17) is 5.11 Å². The van der Waals surface area contributed by atoms with Crippen LogP contribution in [0.25, 0.3) is 0 Å². The van der Waals surface area contributed by atoms with E-state index in [1.54, 1.807) is 0 Å². The topological polar surface area (TPSA) is 78.4 Å². The van der Waals surface area contributed by atoms with E-state index in [1.165, 1.54) is 0 Å². The Morgan fingerprint density at radius 3 is 2.59 bits per heavy atom. The normalized spacial score (nSPS) is 21.1. The van der Waals surface area contributed by atoms with Gasteiger partial charge in [-0.25, -0.2) is 4.79 Å². The van der Waals surface area contributed by atoms with Crippen molar-refractivity contribution in [1.82, 2.24) is 10.6 Å². The van der Waals surface area contributed by atoms with Gasteiger partial charge in [0.2, 0.25) is 0 Å². The molecule has 5 nitrogen and oxygen atoms in total. The summed E-state index contributed by atoms with van der Waals surface area (Å²) in [4.78, 5) is 22.7. The molecule has 0 radical (unpaired) electrons. The van der Waals surface area contributed by atoms with Crippen LogP contribution in [0.2, 0.25) is 0 Å². The quantitative estimate of drug-likeness (QED) is 0.747. The van der Waals surface area contributed by atoms with Crippen LogP contribution in [0.15, 0.2) is 28.7 Å². The van der Waals surface area contributed by atoms with Gasteiger partial charge in [0, 0.05) is 17.1 Å². The molecule has 1 aliphatic carbocycles. The Morgan fingerprint density at radius 1 is 1.23 bits per heavy atom. The van der Waals surface area contributed by atoms with Crippen molar-refractivity contribution in [3.05, 3.63) is 34.3 Å². The molecule has 120 valence electrons. The third kappa shape index (κ3) is 5.33. The second kappa shape index (κ2) is 8.17. The maximum absolute atomic E-state index is 11.8. The minimum atomic E-state index is -0.725. The number of carbonyl (C=O) groups is 2. The first-order valence-electron chi connectivity index (χ1n) is 7.56. The van der Waals surface area contributed by atoms with Gasteiger partial charge in [-0.15, -0.1) is 0 Å². The molecule has 0 aromatic heterocycles. The molecule has 0 unspecified atom stereocenters. The van der Waals surface area contributed by atoms with Crippen molar-refractivity contribution in [3.8, 4) is 0 Å². The molecule has 0 saturated heterocycles. The van der Waals surface area contributed by atoms with Crippen LogP contribution in [0, 0.1) is 5.92 Å². The summed E-state index contributed by atoms with van der Waals surface area (Å²) in [5.74, 6) is -0.977. The number of carboxylic acids is 1. The monoisotopic (exact) mass is 368 g/mol. The van der Waals surface area contributed by atoms with Crippen molar-refractivity contribution in [3.63, 3.8) is 0 Å². The zero-order valence-corrected chi connectivity index (χ0v) is 13.9. The van der Waals surface area contributed by atoms with Crippen LogP contribution in [0.4, 0.5) is 4.79 Å². The average Bonchev–Trinajstić information content (AvgIpc) is 2.48. The fraction of sp³-hybridized carbons (Fsp3) is 0.500. The van der Waals surface area contributed by atoms with Crippen LogP contribution in [0.3, 0.4) is 0 Å². The van der Waals surface area contributed by atoms with Gasteiger partial charge in [-0.3, -0.25) is 4.79 Å². The van der Waals surface area contributed by atoms with Gasteiger partial charge in [-0.1, -0.05) is 28.1 Å². The Kier molecular flexibility index (Phi) is 6.24. The third-order valence-corrected chi connectivity index (χ3v) is 4.49. The molecule has 6 heteroatoms. The minimum absolute atomic E-state index is 0.0847. The van der Waals surface area contributed by atoms with Crippen LogP contribution in [0.1, 0.15) is 31.2 Å². The predicted octanol–water partition coefficient (Wildman–Crippen LogP) is 2.93. The smallest absolute Gasteiger partial charge is 0.315 e. The molecule has 0 atom stereocenters. The summed E-state index contributed by atoms with van der Waals surface area (Å²) in [6, 6.07) is 7.91. The van der Waals surface area contributed by atoms with Crippen LogP contribution in [-0.4, -0.2) is 29.7 Å². The summed E-state index contributed by atoms with van der Waals surface area (Å²) < 4.78 is 1.03. The van der Waals surface area contributed by atoms with E-state index in [2.05, 4.69) is 26.6 Å². The molecule has 1 saturated carbocycles. The summed E-state index contributed by atoms with van der Waals surface area (Å²) >= 11 is 3.42. The first-order valence-corrected chi connectivity index (χ1v) is 8.35. The zero-order valence-electron chi connectivity index (χ0n) is 12.3. The lowest BCUT2D eigenvalue weighted by molar-refractivity contribution is -0.142. The van der Waals surface area contributed by atoms with Crippen LogP contribution in [0.5, 0.6) is 0 Å². The van der Waals surface area contributed by atoms with Crippen molar-refractivity contribution in [1.29, 1.82) is 0 Å². The summed E-state index contributed by atoms with van der Waals surface area (Å²) in [6.07, 6.45) is 3.52. The number of urea groups is 1. The number of hydrogen-bond acceptors (Lipinski definition) is 2. The van der Waals surface area contributed by atoms with Gasteiger partial charge in [0.25, 0.3) is 0 Å². The molecule has 1 aliphatic rings. The van der Waals surface area contributed by atoms with E-state index in [1.807, 2.05) is 24.3 Å². The van der Waals surface area contributed by atoms with Gasteiger partial charge >= 0.3 is 12.0 Å². The standard InChI is InChI=1S/C16H21BrN2O3/c17-13-3-1-2-11(10-13)8-9-18-16(22)19-14-6-4-12(5-7-14)15(20)21/h1-3,10,12,14H,4-9H2,(H,20,21)(H2,18,19,22). The number of hydrogen-bond donors (Lipinski definition) is 3. The SMILES string of the molecule is O=C(NCCc1cccc(Br)c1)NC1CCC(C(=O)O)CC1. The lowest BCUT2D eigenvalue weighted by Crippen LogP contribution is -2.44. The lowest BCUT2D eigenvalue weighted by atomic mass is 9.86. The van der Waals surface area contributed by atoms with Crippen molar-refractivity contribution < 1.29 is 14.7 Å². The molecule has 22 heavy (non-hydrogen) atoms. The molecule has 0 aliphatic heterocycles. The van der Waals surface area contributed by atoms with E-state index < -0.39 is 5.97 Å². The molecule has 3 N–H and O–H groups in total. The molecule has 0 bridgehead atoms. The molecule has 2 rings (SSSR count). The van der Waals surface area contributed by atoms with Crippen LogP contribution in [-0.2, 0) is 11.2 Å². The van der Waals surface area contributed by atoms with Gasteiger partial charge < -0.3 is 15.7 Å². The fourth-order valence-corrected chi connectivity index (χ4v) is 3.18. The lowest BCUT2D eigenvalue weighted by Gasteiger charge is -2.26. The summed E-state index contributed by atoms with van der Waals surface area (Å²) in [6.45, 7) is 0.576. The maximum atomic E-state index is 11.8. The first kappa shape index (κ1) is 16.8. The first-order chi connectivity index (χ1) is 10.5. The Bertz CT molecular complexity index is 528. The van der Waals surface area contributed by atoms with Crippen molar-refractivity contribution in [2.75, 3.05) is 6.54 Å². The Morgan fingerprint density at radius 2 is 1.95 bits per heavy atom. The number of halogens is 1. The molecular formula is C16H21BrN2O3. The van der Waals surface area contributed by atoms with E-state index in [0.29, 0.717) is 19.4 Å². The number of amides is 2. The van der Waals surface area contributed by atoms with E-state index in [-0.39, 0.29) is 18.0 Å². The summed E-state index contributed by atoms with van der Waals surface area (Å²) in [7, 11) is 0. The van der Waals surface area contributed by atoms with Gasteiger partial charge in [0.1, 0.15) is 0 Å². The number of benzene rings is 1. The third-order valence-electron chi connectivity index (χ3n) is 4.00. The Balaban J connectivity index is 1.65. The molecule has 1 fully saturated rings. The molecule has 2 amide bonds. The second-order valence-electron chi connectivity index (χ2n) is 5.67. The van der Waals surface area contributed by atoms with E-state index in [0.717, 1.165) is 29.3 Å². The average molecular weight is 369 g/mol. The maximum Gasteiger partial charge on any atom is 0.315 e. The van der Waals surface area contributed by atoms with Crippen LogP contribution < -0.4 is 10.6 Å². The van der Waals surface area contributed by atoms with Crippen LogP contribution >= 0.6 is 15.9 Å². The number of aliphatic carboxylic acids is 1. The molecule has 0 heterocycles. The van der Waals surface area contributed by atoms with Crippen molar-refractivity contribution in [2.45, 2.75) is 38.1 Å². The number of rotatable bonds is 5. The Labute approximate surface area is 138 Å². The highest BCUT2D eigenvalue weighted by atomic mass is 79.9. The largest absolute Gasteiger partial charge is 0.481 e. The van der Waals surface area contributed by atoms with Gasteiger partial charge in [-0.2, -0.15) is 0 Å². The number of carboxylic acid groups (broad SMARTS) is 1. The number of nitrogens with one attached hydrogen (secondary N) is 2. The van der Waals surface area contributed by atoms with Gasteiger partial charge in [-0.05, 0) is 49.8 Å². The highest BCUT2D eigenvalue weighted by Gasteiger charge is 2.26. The van der Waals surface area contributed by atoms with Gasteiger partial charge in [0.05, 0.1) is 5.92 Å². The molecule has 1 aromatic rings. The minimum Gasteiger partial charge on any atom is -0.481 e. The van der Waals surface area contributed by atoms with E-state index in [9.17, 15) is 9.59 Å². The molecule has 0 spiro atoms. The Hall–Kier alpha value is -1.56. The van der Waals surface area contributed by atoms with Crippen molar-refractivity contribution in [2.24, 2.45) is 5.92 Å². The highest BCUT2D eigenvalue weighted by molar-refractivity contribution is 9.10. The number of carbonyl (C=O) groups excluding carboxylic acids is 1. The highest BCUT2D eigenvalue weighted by Crippen LogP contribution is 2.24. The zero-order chi connectivity index (χ0) is 15.9. The van der Waals surface area contributed by atoms with Crippen molar-refractivity contribution >= 4 is 27.9 Å². The molecule has 1 aromatic carbocycles. The summed E-state index contributed by atoms with van der Waals surface area (Å²) in [5, 5.41) is 14.7. The predicted molar refractivity (Wildman–Crippen MR) is 87.8 cm³/mol.